The van der Waals surface area contributed by atoms with Gasteiger partial charge in [0.25, 0.3) is 0 Å². The molecule has 2 aliphatic heterocycles. The Kier molecular flexibility index (Phi) is 2.83. The van der Waals surface area contributed by atoms with E-state index >= 15 is 0 Å². The van der Waals surface area contributed by atoms with Gasteiger partial charge in [-0.15, -0.1) is 0 Å². The molecule has 97 valence electrons. The first-order chi connectivity index (χ1) is 8.61. The Balaban J connectivity index is 1.92. The molecule has 18 heavy (non-hydrogen) atoms. The number of fused-ring (bicyclic) bond motifs is 3. The summed E-state index contributed by atoms with van der Waals surface area (Å²) in [5.74, 6) is 2.72. The van der Waals surface area contributed by atoms with Crippen molar-refractivity contribution >= 4 is 13.1 Å². The Morgan fingerprint density at radius 3 is 2.89 bits per heavy atom. The quantitative estimate of drug-likeness (QED) is 0.551. The number of carbonyl (C=O) groups excluding carboxylic acids is 1. The van der Waals surface area contributed by atoms with Crippen LogP contribution in [0.4, 0.5) is 0 Å². The van der Waals surface area contributed by atoms with Gasteiger partial charge in [0.2, 0.25) is 0 Å². The summed E-state index contributed by atoms with van der Waals surface area (Å²) in [6.45, 7) is 8.31. The zero-order chi connectivity index (χ0) is 12.9. The minimum absolute atomic E-state index is 0.168. The molecule has 0 amide bonds. The van der Waals surface area contributed by atoms with Crippen molar-refractivity contribution in [1.29, 1.82) is 0 Å². The zero-order valence-electron chi connectivity index (χ0n) is 11.4. The molecule has 2 heterocycles. The lowest BCUT2D eigenvalue weighted by atomic mass is 9.78. The second kappa shape index (κ2) is 4.14. The predicted octanol–water partition coefficient (Wildman–Crippen LogP) is 3.15. The van der Waals surface area contributed by atoms with Crippen molar-refractivity contribution in [3.63, 3.8) is 0 Å². The molecular weight excluding hydrogens is 223 g/mol. The lowest BCUT2D eigenvalue weighted by Gasteiger charge is -2.27. The number of carbonyl (C=O) groups is 1. The van der Waals surface area contributed by atoms with Crippen molar-refractivity contribution in [2.75, 3.05) is 0 Å². The van der Waals surface area contributed by atoms with Crippen molar-refractivity contribution in [2.24, 2.45) is 17.8 Å². The molecule has 1 radical (unpaired) electrons. The molecule has 2 saturated heterocycles. The van der Waals surface area contributed by atoms with E-state index in [4.69, 9.17) is 4.74 Å². The molecule has 5 atom stereocenters. The Hall–Kier alpha value is -0.725. The van der Waals surface area contributed by atoms with Crippen LogP contribution in [0, 0.1) is 17.8 Å². The maximum atomic E-state index is 12.3. The molecule has 3 heteroatoms. The van der Waals surface area contributed by atoms with Gasteiger partial charge in [0.15, 0.2) is 18.8 Å². The maximum absolute atomic E-state index is 12.3. The summed E-state index contributed by atoms with van der Waals surface area (Å²) >= 11 is 0. The Morgan fingerprint density at radius 1 is 1.44 bits per heavy atom. The lowest BCUT2D eigenvalue weighted by molar-refractivity contribution is -0.123. The standard InChI is InChI=1S/C15H22BO2/c1-4-12-10-6-7-11(8-10)13(17)9(3)18-15(5-2)14(12)16-15/h10-12,14H,3-8H2,1-2H3. The highest BCUT2D eigenvalue weighted by Crippen LogP contribution is 2.59. The first-order valence-electron chi connectivity index (χ1n) is 7.39. The highest BCUT2D eigenvalue weighted by molar-refractivity contribution is 6.56. The van der Waals surface area contributed by atoms with E-state index in [-0.39, 0.29) is 17.2 Å². The van der Waals surface area contributed by atoms with Gasteiger partial charge in [-0.1, -0.05) is 26.8 Å². The third-order valence-electron chi connectivity index (χ3n) is 5.44. The summed E-state index contributed by atoms with van der Waals surface area (Å²) in [6, 6.07) is 0. The first kappa shape index (κ1) is 12.3. The summed E-state index contributed by atoms with van der Waals surface area (Å²) in [4.78, 5) is 12.3. The lowest BCUT2D eigenvalue weighted by Crippen LogP contribution is -2.23. The van der Waals surface area contributed by atoms with Gasteiger partial charge in [0.05, 0.1) is 5.50 Å². The molecule has 1 aliphatic carbocycles. The van der Waals surface area contributed by atoms with Crippen LogP contribution in [0.15, 0.2) is 12.3 Å². The maximum Gasteiger partial charge on any atom is 0.199 e. The van der Waals surface area contributed by atoms with Crippen LogP contribution in [0.5, 0.6) is 0 Å². The van der Waals surface area contributed by atoms with Gasteiger partial charge in [0, 0.05) is 5.92 Å². The van der Waals surface area contributed by atoms with Gasteiger partial charge in [-0.2, -0.15) is 0 Å². The van der Waals surface area contributed by atoms with Crippen LogP contribution < -0.4 is 0 Å². The van der Waals surface area contributed by atoms with E-state index in [1.165, 1.54) is 12.8 Å². The number of hydrogen-bond donors (Lipinski definition) is 0. The molecule has 2 nitrogen and oxygen atoms in total. The molecule has 2 bridgehead atoms. The predicted molar refractivity (Wildman–Crippen MR) is 72.4 cm³/mol. The Bertz CT molecular complexity index is 392. The van der Waals surface area contributed by atoms with Crippen LogP contribution >= 0.6 is 0 Å². The third-order valence-corrected chi connectivity index (χ3v) is 5.44. The van der Waals surface area contributed by atoms with Gasteiger partial charge >= 0.3 is 0 Å². The molecule has 0 spiro atoms. The molecular formula is C15H22BO2. The second-order valence-corrected chi connectivity index (χ2v) is 6.23. The van der Waals surface area contributed by atoms with E-state index < -0.39 is 0 Å². The fourth-order valence-electron chi connectivity index (χ4n) is 4.30. The molecule has 0 aromatic heterocycles. The second-order valence-electron chi connectivity index (χ2n) is 6.23. The van der Waals surface area contributed by atoms with E-state index in [2.05, 4.69) is 27.7 Å². The van der Waals surface area contributed by atoms with Crippen molar-refractivity contribution < 1.29 is 9.53 Å². The molecule has 3 aliphatic rings. The minimum atomic E-state index is -0.169. The number of hydrogen-bond acceptors (Lipinski definition) is 2. The molecule has 3 fully saturated rings. The summed E-state index contributed by atoms with van der Waals surface area (Å²) in [6.07, 6.45) is 5.46. The minimum Gasteiger partial charge on any atom is -0.494 e. The van der Waals surface area contributed by atoms with E-state index in [0.717, 1.165) is 19.3 Å². The van der Waals surface area contributed by atoms with E-state index in [0.29, 0.717) is 23.4 Å². The van der Waals surface area contributed by atoms with Gasteiger partial charge < -0.3 is 4.74 Å². The molecule has 0 aromatic carbocycles. The fourth-order valence-corrected chi connectivity index (χ4v) is 4.30. The molecule has 0 N–H and O–H groups in total. The summed E-state index contributed by atoms with van der Waals surface area (Å²) < 4.78 is 5.98. The smallest absolute Gasteiger partial charge is 0.199 e. The van der Waals surface area contributed by atoms with Crippen LogP contribution in [-0.4, -0.2) is 18.6 Å². The van der Waals surface area contributed by atoms with Crippen LogP contribution in [-0.2, 0) is 9.53 Å². The fraction of sp³-hybridized carbons (Fsp3) is 0.800. The summed E-state index contributed by atoms with van der Waals surface area (Å²) in [7, 11) is 2.32. The third kappa shape index (κ3) is 1.66. The Labute approximate surface area is 110 Å². The van der Waals surface area contributed by atoms with Crippen molar-refractivity contribution in [3.05, 3.63) is 12.3 Å². The van der Waals surface area contributed by atoms with E-state index in [9.17, 15) is 4.79 Å². The van der Waals surface area contributed by atoms with Crippen LogP contribution in [0.1, 0.15) is 46.0 Å². The van der Waals surface area contributed by atoms with Crippen LogP contribution in [0.3, 0.4) is 0 Å². The first-order valence-corrected chi connectivity index (χ1v) is 7.39. The van der Waals surface area contributed by atoms with Crippen molar-refractivity contribution in [1.82, 2.24) is 0 Å². The largest absolute Gasteiger partial charge is 0.494 e. The van der Waals surface area contributed by atoms with Gasteiger partial charge in [-0.3, -0.25) is 4.79 Å². The molecule has 3 rings (SSSR count). The van der Waals surface area contributed by atoms with E-state index in [1.807, 2.05) is 0 Å². The number of ether oxygens (including phenoxy) is 1. The topological polar surface area (TPSA) is 26.3 Å². The highest BCUT2D eigenvalue weighted by atomic mass is 16.5. The number of Topliss-reactive ketones (excluding diaryl/α,β-unsaturated/α-hetero) is 1. The summed E-state index contributed by atoms with van der Waals surface area (Å²) in [5.41, 5.74) is -0.169. The van der Waals surface area contributed by atoms with E-state index in [1.54, 1.807) is 0 Å². The Morgan fingerprint density at radius 2 is 2.22 bits per heavy atom. The van der Waals surface area contributed by atoms with Crippen molar-refractivity contribution in [2.45, 2.75) is 57.3 Å². The SMILES string of the molecule is C=C1OC2(CC)[B]C2C(CC)C2CCC(C2)C1=O. The molecule has 1 saturated carbocycles. The number of ketones is 1. The van der Waals surface area contributed by atoms with Gasteiger partial charge in [-0.25, -0.2) is 0 Å². The molecule has 5 unspecified atom stereocenters. The number of rotatable bonds is 2. The van der Waals surface area contributed by atoms with Crippen LogP contribution in [0.25, 0.3) is 0 Å². The van der Waals surface area contributed by atoms with Gasteiger partial charge in [0.1, 0.15) is 0 Å². The van der Waals surface area contributed by atoms with Crippen LogP contribution in [0.2, 0.25) is 5.82 Å². The summed E-state index contributed by atoms with van der Waals surface area (Å²) in [5, 5.41) is 0. The number of allylic oxidation sites excluding steroid dienone is 1. The monoisotopic (exact) mass is 245 g/mol. The van der Waals surface area contributed by atoms with Gasteiger partial charge in [-0.05, 0) is 43.3 Å². The average molecular weight is 245 g/mol. The molecule has 0 aromatic rings. The zero-order valence-corrected chi connectivity index (χ0v) is 11.4. The average Bonchev–Trinajstić information content (AvgIpc) is 2.85. The van der Waals surface area contributed by atoms with Crippen molar-refractivity contribution in [3.8, 4) is 0 Å². The highest BCUT2D eigenvalue weighted by Gasteiger charge is 2.62. The normalized spacial score (nSPS) is 46.3.